The van der Waals surface area contributed by atoms with Gasteiger partial charge in [-0.3, -0.25) is 0 Å². The highest BCUT2D eigenvalue weighted by Gasteiger charge is 2.26. The number of rotatable bonds is 5. The van der Waals surface area contributed by atoms with Gasteiger partial charge >= 0.3 is 6.03 Å². The van der Waals surface area contributed by atoms with Crippen LogP contribution in [0.4, 0.5) is 4.79 Å². The fourth-order valence-corrected chi connectivity index (χ4v) is 2.30. The smallest absolute Gasteiger partial charge is 0.315 e. The number of urea groups is 1. The van der Waals surface area contributed by atoms with Crippen LogP contribution in [0.25, 0.3) is 0 Å². The number of aliphatic hydroxyl groups excluding tert-OH is 1. The molecule has 0 aromatic rings. The Labute approximate surface area is 97.8 Å². The zero-order chi connectivity index (χ0) is 12.0. The van der Waals surface area contributed by atoms with Gasteiger partial charge in [0, 0.05) is 6.04 Å². The van der Waals surface area contributed by atoms with Crippen molar-refractivity contribution >= 4 is 6.03 Å². The molecule has 16 heavy (non-hydrogen) atoms. The summed E-state index contributed by atoms with van der Waals surface area (Å²) < 4.78 is 0. The maximum Gasteiger partial charge on any atom is 0.315 e. The minimum atomic E-state index is -0.489. The number of carbonyl (C=O) groups is 1. The van der Waals surface area contributed by atoms with E-state index < -0.39 is 5.54 Å². The lowest BCUT2D eigenvalue weighted by atomic mass is 9.97. The van der Waals surface area contributed by atoms with Crippen molar-refractivity contribution in [2.75, 3.05) is 6.61 Å². The third-order valence-corrected chi connectivity index (χ3v) is 3.26. The van der Waals surface area contributed by atoms with E-state index in [2.05, 4.69) is 10.6 Å². The summed E-state index contributed by atoms with van der Waals surface area (Å²) >= 11 is 0. The molecule has 0 spiro atoms. The summed E-state index contributed by atoms with van der Waals surface area (Å²) in [5.41, 5.74) is -0.489. The molecule has 0 aliphatic heterocycles. The lowest BCUT2D eigenvalue weighted by Gasteiger charge is -2.29. The second kappa shape index (κ2) is 6.09. The van der Waals surface area contributed by atoms with Gasteiger partial charge in [0.2, 0.25) is 0 Å². The molecule has 1 atom stereocenters. The first-order valence-corrected chi connectivity index (χ1v) is 6.29. The standard InChI is InChI=1S/C12H24N2O2/c1-3-8-12(2,9-15)14-11(16)13-10-6-4-5-7-10/h10,15H,3-9H2,1-2H3,(H2,13,14,16). The molecule has 94 valence electrons. The third kappa shape index (κ3) is 4.00. The van der Waals surface area contributed by atoms with Crippen molar-refractivity contribution in [3.05, 3.63) is 0 Å². The van der Waals surface area contributed by atoms with Crippen LogP contribution in [0, 0.1) is 0 Å². The topological polar surface area (TPSA) is 61.4 Å². The van der Waals surface area contributed by atoms with Crippen LogP contribution >= 0.6 is 0 Å². The zero-order valence-corrected chi connectivity index (χ0v) is 10.4. The van der Waals surface area contributed by atoms with Gasteiger partial charge in [0.1, 0.15) is 0 Å². The van der Waals surface area contributed by atoms with E-state index in [0.717, 1.165) is 25.7 Å². The van der Waals surface area contributed by atoms with Gasteiger partial charge < -0.3 is 15.7 Å². The minimum Gasteiger partial charge on any atom is -0.394 e. The molecular formula is C12H24N2O2. The first-order chi connectivity index (χ1) is 7.59. The first-order valence-electron chi connectivity index (χ1n) is 6.29. The first kappa shape index (κ1) is 13.3. The highest BCUT2D eigenvalue weighted by atomic mass is 16.3. The van der Waals surface area contributed by atoms with E-state index in [1.54, 1.807) is 0 Å². The summed E-state index contributed by atoms with van der Waals surface area (Å²) in [6.45, 7) is 3.91. The van der Waals surface area contributed by atoms with Crippen LogP contribution in [-0.4, -0.2) is 29.3 Å². The Balaban J connectivity index is 2.35. The van der Waals surface area contributed by atoms with Crippen LogP contribution in [0.15, 0.2) is 0 Å². The van der Waals surface area contributed by atoms with Gasteiger partial charge in [0.05, 0.1) is 12.1 Å². The number of hydrogen-bond donors (Lipinski definition) is 3. The second-order valence-corrected chi connectivity index (χ2v) is 5.05. The predicted molar refractivity (Wildman–Crippen MR) is 64.3 cm³/mol. The molecule has 0 heterocycles. The zero-order valence-electron chi connectivity index (χ0n) is 10.4. The molecule has 1 saturated carbocycles. The van der Waals surface area contributed by atoms with Gasteiger partial charge in [-0.25, -0.2) is 4.79 Å². The van der Waals surface area contributed by atoms with E-state index in [-0.39, 0.29) is 12.6 Å². The van der Waals surface area contributed by atoms with E-state index >= 15 is 0 Å². The van der Waals surface area contributed by atoms with Gasteiger partial charge in [-0.15, -0.1) is 0 Å². The molecule has 0 aromatic heterocycles. The lowest BCUT2D eigenvalue weighted by molar-refractivity contribution is 0.162. The average molecular weight is 228 g/mol. The molecule has 1 aliphatic carbocycles. The summed E-state index contributed by atoms with van der Waals surface area (Å²) in [4.78, 5) is 11.7. The van der Waals surface area contributed by atoms with Gasteiger partial charge in [0.25, 0.3) is 0 Å². The Bertz CT molecular complexity index is 227. The van der Waals surface area contributed by atoms with Crippen molar-refractivity contribution in [2.45, 2.75) is 64.0 Å². The summed E-state index contributed by atoms with van der Waals surface area (Å²) in [6.07, 6.45) is 6.31. The largest absolute Gasteiger partial charge is 0.394 e. The maximum absolute atomic E-state index is 11.7. The van der Waals surface area contributed by atoms with Crippen molar-refractivity contribution in [2.24, 2.45) is 0 Å². The summed E-state index contributed by atoms with van der Waals surface area (Å²) in [5, 5.41) is 15.1. The molecule has 2 amide bonds. The van der Waals surface area contributed by atoms with Gasteiger partial charge in [-0.1, -0.05) is 26.2 Å². The summed E-state index contributed by atoms with van der Waals surface area (Å²) in [7, 11) is 0. The van der Waals surface area contributed by atoms with Crippen LogP contribution < -0.4 is 10.6 Å². The molecule has 0 aromatic carbocycles. The van der Waals surface area contributed by atoms with Gasteiger partial charge in [0.15, 0.2) is 0 Å². The highest BCUT2D eigenvalue weighted by Crippen LogP contribution is 2.18. The fourth-order valence-electron chi connectivity index (χ4n) is 2.30. The Morgan fingerprint density at radius 3 is 2.56 bits per heavy atom. The highest BCUT2D eigenvalue weighted by molar-refractivity contribution is 5.75. The van der Waals surface area contributed by atoms with Gasteiger partial charge in [-0.2, -0.15) is 0 Å². The summed E-state index contributed by atoms with van der Waals surface area (Å²) in [5.74, 6) is 0. The Morgan fingerprint density at radius 2 is 2.06 bits per heavy atom. The number of aliphatic hydroxyl groups is 1. The molecule has 1 unspecified atom stereocenters. The lowest BCUT2D eigenvalue weighted by Crippen LogP contribution is -2.54. The molecule has 1 rings (SSSR count). The second-order valence-electron chi connectivity index (χ2n) is 5.05. The number of hydrogen-bond acceptors (Lipinski definition) is 2. The molecule has 0 radical (unpaired) electrons. The van der Waals surface area contributed by atoms with Crippen LogP contribution in [0.5, 0.6) is 0 Å². The predicted octanol–water partition coefficient (Wildman–Crippen LogP) is 1.78. The molecule has 0 saturated heterocycles. The van der Waals surface area contributed by atoms with Crippen LogP contribution in [-0.2, 0) is 0 Å². The molecule has 3 N–H and O–H groups in total. The number of carbonyl (C=O) groups excluding carboxylic acids is 1. The van der Waals surface area contributed by atoms with E-state index in [1.807, 2.05) is 13.8 Å². The van der Waals surface area contributed by atoms with E-state index in [4.69, 9.17) is 0 Å². The fraction of sp³-hybridized carbons (Fsp3) is 0.917. The van der Waals surface area contributed by atoms with E-state index in [1.165, 1.54) is 12.8 Å². The van der Waals surface area contributed by atoms with E-state index in [0.29, 0.717) is 6.04 Å². The number of nitrogens with one attached hydrogen (secondary N) is 2. The minimum absolute atomic E-state index is 0.0150. The van der Waals surface area contributed by atoms with Crippen molar-refractivity contribution in [1.29, 1.82) is 0 Å². The molecule has 0 bridgehead atoms. The SMILES string of the molecule is CCCC(C)(CO)NC(=O)NC1CCCC1. The van der Waals surface area contributed by atoms with Crippen molar-refractivity contribution in [1.82, 2.24) is 10.6 Å². The molecule has 1 fully saturated rings. The quantitative estimate of drug-likeness (QED) is 0.671. The molecular weight excluding hydrogens is 204 g/mol. The number of amides is 2. The maximum atomic E-state index is 11.7. The van der Waals surface area contributed by atoms with E-state index in [9.17, 15) is 9.90 Å². The Morgan fingerprint density at radius 1 is 1.44 bits per heavy atom. The summed E-state index contributed by atoms with van der Waals surface area (Å²) in [6, 6.07) is 0.182. The molecule has 4 heteroatoms. The Hall–Kier alpha value is -0.770. The third-order valence-electron chi connectivity index (χ3n) is 3.26. The molecule has 1 aliphatic rings. The van der Waals surface area contributed by atoms with Gasteiger partial charge in [-0.05, 0) is 26.2 Å². The van der Waals surface area contributed by atoms with Crippen LogP contribution in [0.3, 0.4) is 0 Å². The monoisotopic (exact) mass is 228 g/mol. The Kier molecular flexibility index (Phi) is 5.06. The van der Waals surface area contributed by atoms with Crippen molar-refractivity contribution in [3.63, 3.8) is 0 Å². The van der Waals surface area contributed by atoms with Crippen LogP contribution in [0.2, 0.25) is 0 Å². The molecule has 4 nitrogen and oxygen atoms in total. The normalized spacial score (nSPS) is 20.4. The average Bonchev–Trinajstić information content (AvgIpc) is 2.70. The van der Waals surface area contributed by atoms with Crippen LogP contribution in [0.1, 0.15) is 52.4 Å². The van der Waals surface area contributed by atoms with Crippen molar-refractivity contribution < 1.29 is 9.90 Å². The van der Waals surface area contributed by atoms with Crippen molar-refractivity contribution in [3.8, 4) is 0 Å².